The van der Waals surface area contributed by atoms with Gasteiger partial charge in [0.2, 0.25) is 0 Å². The smallest absolute Gasteiger partial charge is 0.310 e. The van der Waals surface area contributed by atoms with Crippen molar-refractivity contribution in [3.8, 4) is 33.6 Å². The number of aromatic nitrogens is 2. The normalized spacial score (nSPS) is 12.1. The fraction of sp³-hybridized carbons (Fsp3) is 0.0638. The molecule has 2 aromatic heterocycles. The second-order valence-corrected chi connectivity index (χ2v) is 13.8. The first-order valence-corrected chi connectivity index (χ1v) is 17.7. The molecule has 0 amide bonds. The van der Waals surface area contributed by atoms with E-state index in [1.165, 1.54) is 12.1 Å². The van der Waals surface area contributed by atoms with Crippen LogP contribution >= 0.6 is 0 Å². The van der Waals surface area contributed by atoms with Gasteiger partial charge in [0, 0.05) is 43.9 Å². The van der Waals surface area contributed by atoms with Crippen molar-refractivity contribution in [1.82, 2.24) is 9.13 Å². The maximum atomic E-state index is 14.1. The largest absolute Gasteiger partial charge is 0.416 e. The van der Waals surface area contributed by atoms with E-state index < -0.39 is 23.5 Å². The fourth-order valence-corrected chi connectivity index (χ4v) is 8.06. The lowest BCUT2D eigenvalue weighted by Crippen LogP contribution is -2.05. The second kappa shape index (κ2) is 12.9. The predicted molar refractivity (Wildman–Crippen MR) is 213 cm³/mol. The van der Waals surface area contributed by atoms with Crippen LogP contribution in [-0.2, 0) is 12.4 Å². The van der Waals surface area contributed by atoms with Crippen LogP contribution in [0.1, 0.15) is 16.7 Å². The lowest BCUT2D eigenvalue weighted by Gasteiger charge is -2.23. The van der Waals surface area contributed by atoms with Crippen LogP contribution in [0, 0.1) is 20.1 Å². The maximum Gasteiger partial charge on any atom is 0.416 e. The monoisotopic (exact) mass is 760 g/mol. The van der Waals surface area contributed by atoms with Crippen LogP contribution in [0.3, 0.4) is 0 Å². The van der Waals surface area contributed by atoms with E-state index >= 15 is 0 Å². The Hall–Kier alpha value is -7.30. The number of nitrogens with zero attached hydrogens (tertiary/aromatic N) is 4. The highest BCUT2D eigenvalue weighted by Gasteiger charge is 2.33. The van der Waals surface area contributed by atoms with Crippen molar-refractivity contribution in [1.29, 1.82) is 0 Å². The molecule has 0 fully saturated rings. The predicted octanol–water partition coefficient (Wildman–Crippen LogP) is 14.7. The summed E-state index contributed by atoms with van der Waals surface area (Å²) in [4.78, 5) is 7.54. The standard InChI is InChI=1S/C47H26F6N4/c1-27-18-22-40-34(24-27)31-10-4-6-14-38(31)56(40)42-16-8-12-33(30-21-19-29(47(51,52)53)26-37(30)55-3)44(42)45-36(54-2)13-9-17-43(45)57-39-15-7-5-11-32(39)35-25-28(46(48,49)50)20-23-41(35)57/h4-26H,1H3. The highest BCUT2D eigenvalue weighted by atomic mass is 19.4. The van der Waals surface area contributed by atoms with Gasteiger partial charge in [-0.1, -0.05) is 84.4 Å². The van der Waals surface area contributed by atoms with Gasteiger partial charge in [-0.3, -0.25) is 0 Å². The summed E-state index contributed by atoms with van der Waals surface area (Å²) >= 11 is 0. The van der Waals surface area contributed by atoms with E-state index in [9.17, 15) is 26.3 Å². The van der Waals surface area contributed by atoms with Crippen molar-refractivity contribution in [3.05, 3.63) is 179 Å². The molecule has 9 aromatic rings. The number of halogens is 6. The highest BCUT2D eigenvalue weighted by Crippen LogP contribution is 2.50. The molecule has 9 rings (SSSR count). The van der Waals surface area contributed by atoms with Crippen molar-refractivity contribution in [3.63, 3.8) is 0 Å². The average molecular weight is 761 g/mol. The molecule has 57 heavy (non-hydrogen) atoms. The molecule has 2 heterocycles. The van der Waals surface area contributed by atoms with E-state index in [-0.39, 0.29) is 16.9 Å². The Morgan fingerprint density at radius 2 is 0.947 bits per heavy atom. The summed E-state index contributed by atoms with van der Waals surface area (Å²) in [6.45, 7) is 18.5. The minimum Gasteiger partial charge on any atom is -0.310 e. The number of aryl methyl sites for hydroxylation is 1. The van der Waals surface area contributed by atoms with Gasteiger partial charge in [0.15, 0.2) is 11.4 Å². The summed E-state index contributed by atoms with van der Waals surface area (Å²) in [5.41, 5.74) is 4.37. The number of rotatable bonds is 4. The minimum atomic E-state index is -4.70. The lowest BCUT2D eigenvalue weighted by molar-refractivity contribution is -0.138. The Morgan fingerprint density at radius 1 is 0.439 bits per heavy atom. The van der Waals surface area contributed by atoms with Crippen LogP contribution in [0.5, 0.6) is 0 Å². The van der Waals surface area contributed by atoms with Crippen LogP contribution in [0.4, 0.5) is 37.7 Å². The Morgan fingerprint density at radius 3 is 1.56 bits per heavy atom. The van der Waals surface area contributed by atoms with E-state index in [4.69, 9.17) is 13.1 Å². The lowest BCUT2D eigenvalue weighted by atomic mass is 9.89. The van der Waals surface area contributed by atoms with E-state index in [2.05, 4.69) is 20.3 Å². The number of para-hydroxylation sites is 2. The quantitative estimate of drug-likeness (QED) is 0.126. The molecule has 0 atom stereocenters. The SMILES string of the molecule is [C-]#[N+]c1cc(C(F)(F)F)ccc1-c1cccc(-n2c3ccccc3c3cc(C)ccc32)c1-c1c([N+]#[C-])cccc1-n1c2ccccc2c2cc(C(F)(F)F)ccc21. The molecular formula is C47H26F6N4. The van der Waals surface area contributed by atoms with E-state index in [0.29, 0.717) is 49.9 Å². The molecule has 10 heteroatoms. The third-order valence-electron chi connectivity index (χ3n) is 10.5. The zero-order chi connectivity index (χ0) is 39.8. The van der Waals surface area contributed by atoms with Crippen molar-refractivity contribution in [2.24, 2.45) is 0 Å². The van der Waals surface area contributed by atoms with E-state index in [0.717, 1.165) is 51.6 Å². The topological polar surface area (TPSA) is 18.6 Å². The molecule has 4 nitrogen and oxygen atoms in total. The molecule has 0 aliphatic rings. The van der Waals surface area contributed by atoms with Crippen molar-refractivity contribution in [2.45, 2.75) is 19.3 Å². The van der Waals surface area contributed by atoms with Crippen LogP contribution in [-0.4, -0.2) is 9.13 Å². The summed E-state index contributed by atoms with van der Waals surface area (Å²) in [5.74, 6) is 0. The van der Waals surface area contributed by atoms with Crippen LogP contribution in [0.25, 0.3) is 86.9 Å². The third kappa shape index (κ3) is 5.60. The third-order valence-corrected chi connectivity index (χ3v) is 10.5. The first-order chi connectivity index (χ1) is 27.4. The van der Waals surface area contributed by atoms with E-state index in [1.807, 2.05) is 54.0 Å². The first-order valence-electron chi connectivity index (χ1n) is 17.7. The van der Waals surface area contributed by atoms with Crippen molar-refractivity contribution >= 4 is 55.0 Å². The van der Waals surface area contributed by atoms with Crippen LogP contribution in [0.2, 0.25) is 0 Å². The second-order valence-electron chi connectivity index (χ2n) is 13.8. The average Bonchev–Trinajstić information content (AvgIpc) is 3.71. The first kappa shape index (κ1) is 35.4. The van der Waals surface area contributed by atoms with Gasteiger partial charge in [-0.05, 0) is 78.7 Å². The molecular weight excluding hydrogens is 735 g/mol. The number of benzene rings is 7. The molecule has 0 spiro atoms. The highest BCUT2D eigenvalue weighted by molar-refractivity contribution is 6.13. The molecule has 0 saturated carbocycles. The van der Waals surface area contributed by atoms with Gasteiger partial charge in [0.1, 0.15) is 0 Å². The van der Waals surface area contributed by atoms with Gasteiger partial charge in [-0.15, -0.1) is 0 Å². The van der Waals surface area contributed by atoms with Gasteiger partial charge < -0.3 is 9.13 Å². The molecule has 0 saturated heterocycles. The molecule has 7 aromatic carbocycles. The molecule has 0 aliphatic carbocycles. The Kier molecular flexibility index (Phi) is 8.01. The zero-order valence-corrected chi connectivity index (χ0v) is 29.8. The van der Waals surface area contributed by atoms with Gasteiger partial charge in [0.05, 0.1) is 46.5 Å². The summed E-state index contributed by atoms with van der Waals surface area (Å²) < 4.78 is 88.2. The summed E-state index contributed by atoms with van der Waals surface area (Å²) in [7, 11) is 0. The molecule has 0 bridgehead atoms. The number of hydrogen-bond acceptors (Lipinski definition) is 0. The molecule has 0 N–H and O–H groups in total. The summed E-state index contributed by atoms with van der Waals surface area (Å²) in [5, 5.41) is 2.82. The van der Waals surface area contributed by atoms with Crippen molar-refractivity contribution in [2.75, 3.05) is 0 Å². The molecule has 0 radical (unpaired) electrons. The maximum absolute atomic E-state index is 14.1. The van der Waals surface area contributed by atoms with E-state index in [1.54, 1.807) is 54.6 Å². The number of fused-ring (bicyclic) bond motifs is 6. The van der Waals surface area contributed by atoms with Crippen LogP contribution in [0.15, 0.2) is 140 Å². The Labute approximate surface area is 321 Å². The minimum absolute atomic E-state index is 0.187. The summed E-state index contributed by atoms with van der Waals surface area (Å²) in [6.07, 6.45) is -9.29. The van der Waals surface area contributed by atoms with Crippen molar-refractivity contribution < 1.29 is 26.3 Å². The van der Waals surface area contributed by atoms with Gasteiger partial charge in [-0.25, -0.2) is 9.69 Å². The molecule has 0 aliphatic heterocycles. The zero-order valence-electron chi connectivity index (χ0n) is 29.8. The molecule has 276 valence electrons. The van der Waals surface area contributed by atoms with Crippen LogP contribution < -0.4 is 0 Å². The number of alkyl halides is 6. The Balaban J connectivity index is 1.47. The fourth-order valence-electron chi connectivity index (χ4n) is 8.06. The Bertz CT molecular complexity index is 3200. The number of hydrogen-bond donors (Lipinski definition) is 0. The molecule has 0 unspecified atom stereocenters. The summed E-state index contributed by atoms with van der Waals surface area (Å²) in [6, 6.07) is 38.1. The van der Waals surface area contributed by atoms with Gasteiger partial charge in [-0.2, -0.15) is 26.3 Å². The van der Waals surface area contributed by atoms with Gasteiger partial charge >= 0.3 is 12.4 Å². The van der Waals surface area contributed by atoms with Gasteiger partial charge in [0.25, 0.3) is 0 Å².